The Morgan fingerprint density at radius 1 is 1.09 bits per heavy atom. The molecule has 178 valence electrons. The minimum absolute atomic E-state index is 0.182. The molecule has 1 aliphatic rings. The molecule has 1 aromatic carbocycles. The van der Waals surface area contributed by atoms with Gasteiger partial charge >= 0.3 is 18.0 Å². The number of anilines is 1. The van der Waals surface area contributed by atoms with E-state index in [1.807, 2.05) is 36.4 Å². The normalized spacial score (nSPS) is 17.3. The summed E-state index contributed by atoms with van der Waals surface area (Å²) < 4.78 is 22.5. The molecule has 3 aromatic rings. The Kier molecular flexibility index (Phi) is 7.33. The Bertz CT molecular complexity index is 1160. The van der Waals surface area contributed by atoms with Gasteiger partial charge in [-0.1, -0.05) is 30.3 Å². The van der Waals surface area contributed by atoms with E-state index in [0.717, 1.165) is 24.1 Å². The molecule has 2 aromatic heterocycles. The number of aromatic nitrogens is 3. The Morgan fingerprint density at radius 3 is 2.71 bits per heavy atom. The second kappa shape index (κ2) is 10.8. The molecule has 0 radical (unpaired) electrons. The smallest absolute Gasteiger partial charge is 0.415 e. The summed E-state index contributed by atoms with van der Waals surface area (Å²) in [6, 6.07) is 13.0. The van der Waals surface area contributed by atoms with E-state index in [-0.39, 0.29) is 37.0 Å². The molecule has 1 fully saturated rings. The van der Waals surface area contributed by atoms with Gasteiger partial charge in [0.05, 0.1) is 18.2 Å². The summed E-state index contributed by atoms with van der Waals surface area (Å²) in [4.78, 5) is 38.9. The molecule has 11 heteroatoms. The van der Waals surface area contributed by atoms with Crippen LogP contribution in [0.1, 0.15) is 37.1 Å². The van der Waals surface area contributed by atoms with Gasteiger partial charge in [0.2, 0.25) is 6.79 Å². The second-order valence-electron chi connectivity index (χ2n) is 7.64. The minimum Gasteiger partial charge on any atom is -0.463 e. The van der Waals surface area contributed by atoms with Crippen LogP contribution in [-0.4, -0.2) is 52.1 Å². The Labute approximate surface area is 195 Å². The molecule has 0 saturated carbocycles. The lowest BCUT2D eigenvalue weighted by atomic mass is 10.1. The van der Waals surface area contributed by atoms with E-state index in [9.17, 15) is 14.4 Å². The van der Waals surface area contributed by atoms with Gasteiger partial charge in [0.25, 0.3) is 0 Å². The fourth-order valence-electron chi connectivity index (χ4n) is 3.64. The van der Waals surface area contributed by atoms with E-state index >= 15 is 0 Å². The number of benzene rings is 1. The number of carbonyl (C=O) groups is 3. The topological polar surface area (TPSA) is 130 Å². The van der Waals surface area contributed by atoms with Crippen molar-refractivity contribution in [2.75, 3.05) is 18.7 Å². The third kappa shape index (κ3) is 5.87. The number of hydrogen-bond donors (Lipinski definition) is 1. The van der Waals surface area contributed by atoms with Crippen molar-refractivity contribution < 1.29 is 33.3 Å². The molecule has 1 amide bonds. The minimum atomic E-state index is -0.820. The fourth-order valence-corrected chi connectivity index (χ4v) is 3.64. The summed E-state index contributed by atoms with van der Waals surface area (Å²) in [7, 11) is 0. The summed E-state index contributed by atoms with van der Waals surface area (Å²) in [5.41, 5.74) is 2.23. The SMILES string of the molecule is CC(=O)OCOC(=O)Nc1ncnn2c([C@H]3CC[C@@H](COC(=O)Cc4ccccc4)O3)ccc12. The third-order valence-corrected chi connectivity index (χ3v) is 5.21. The van der Waals surface area contributed by atoms with Crippen molar-refractivity contribution in [3.63, 3.8) is 0 Å². The predicted octanol–water partition coefficient (Wildman–Crippen LogP) is 2.80. The number of amides is 1. The predicted molar refractivity (Wildman–Crippen MR) is 118 cm³/mol. The quantitative estimate of drug-likeness (QED) is 0.392. The molecular weight excluding hydrogens is 444 g/mol. The van der Waals surface area contributed by atoms with E-state index in [2.05, 4.69) is 20.1 Å². The highest BCUT2D eigenvalue weighted by atomic mass is 16.7. The maximum Gasteiger partial charge on any atom is 0.415 e. The van der Waals surface area contributed by atoms with Crippen LogP contribution in [0.2, 0.25) is 0 Å². The molecule has 0 spiro atoms. The lowest BCUT2D eigenvalue weighted by Crippen LogP contribution is -2.20. The first kappa shape index (κ1) is 23.2. The number of esters is 2. The zero-order valence-electron chi connectivity index (χ0n) is 18.5. The fraction of sp³-hybridized carbons (Fsp3) is 0.348. The van der Waals surface area contributed by atoms with Crippen LogP contribution in [0.5, 0.6) is 0 Å². The molecule has 0 aliphatic carbocycles. The molecule has 34 heavy (non-hydrogen) atoms. The number of fused-ring (bicyclic) bond motifs is 1. The van der Waals surface area contributed by atoms with E-state index in [4.69, 9.17) is 14.2 Å². The van der Waals surface area contributed by atoms with Gasteiger partial charge in [0, 0.05) is 6.92 Å². The standard InChI is InChI=1S/C23H24N4O7/c1-15(28)32-14-33-23(30)26-22-19-9-8-18(27(19)25-13-24-22)20-10-7-17(34-20)12-31-21(29)11-16-5-3-2-4-6-16/h2-6,8-9,13,17,20H,7,10-12,14H2,1H3,(H,24,25,26,30)/t17-,20+/m0/s1. The van der Waals surface area contributed by atoms with Gasteiger partial charge < -0.3 is 18.9 Å². The number of hydrogen-bond acceptors (Lipinski definition) is 9. The van der Waals surface area contributed by atoms with Crippen LogP contribution < -0.4 is 5.32 Å². The third-order valence-electron chi connectivity index (χ3n) is 5.21. The molecule has 1 aliphatic heterocycles. The number of nitrogens with zero attached hydrogens (tertiary/aromatic N) is 3. The van der Waals surface area contributed by atoms with Gasteiger partial charge in [-0.25, -0.2) is 14.3 Å². The molecule has 4 rings (SSSR count). The van der Waals surface area contributed by atoms with Gasteiger partial charge in [-0.05, 0) is 30.5 Å². The summed E-state index contributed by atoms with van der Waals surface area (Å²) in [6.45, 7) is 0.894. The van der Waals surface area contributed by atoms with Crippen LogP contribution in [0.25, 0.3) is 5.52 Å². The van der Waals surface area contributed by atoms with Crippen molar-refractivity contribution in [1.29, 1.82) is 0 Å². The van der Waals surface area contributed by atoms with Crippen molar-refractivity contribution in [2.24, 2.45) is 0 Å². The highest BCUT2D eigenvalue weighted by molar-refractivity contribution is 5.88. The molecule has 1 N–H and O–H groups in total. The van der Waals surface area contributed by atoms with E-state index in [1.165, 1.54) is 13.3 Å². The molecular formula is C23H24N4O7. The molecule has 0 bridgehead atoms. The first-order valence-corrected chi connectivity index (χ1v) is 10.7. The van der Waals surface area contributed by atoms with E-state index in [1.54, 1.807) is 10.6 Å². The maximum atomic E-state index is 12.1. The first-order chi connectivity index (χ1) is 16.5. The van der Waals surface area contributed by atoms with E-state index < -0.39 is 18.9 Å². The van der Waals surface area contributed by atoms with Crippen molar-refractivity contribution in [2.45, 2.75) is 38.4 Å². The Morgan fingerprint density at radius 2 is 1.91 bits per heavy atom. The Balaban J connectivity index is 1.32. The Hall–Kier alpha value is -3.99. The number of rotatable bonds is 8. The monoisotopic (exact) mass is 468 g/mol. The van der Waals surface area contributed by atoms with Crippen LogP contribution in [0, 0.1) is 0 Å². The van der Waals surface area contributed by atoms with Gasteiger partial charge in [-0.3, -0.25) is 14.9 Å². The lowest BCUT2D eigenvalue weighted by Gasteiger charge is -2.14. The van der Waals surface area contributed by atoms with Gasteiger partial charge in [0.1, 0.15) is 24.6 Å². The van der Waals surface area contributed by atoms with Crippen LogP contribution >= 0.6 is 0 Å². The lowest BCUT2D eigenvalue weighted by molar-refractivity contribution is -0.149. The van der Waals surface area contributed by atoms with Crippen LogP contribution in [-0.2, 0) is 35.0 Å². The van der Waals surface area contributed by atoms with E-state index in [0.29, 0.717) is 5.52 Å². The van der Waals surface area contributed by atoms with Crippen molar-refractivity contribution in [3.05, 3.63) is 60.0 Å². The largest absolute Gasteiger partial charge is 0.463 e. The van der Waals surface area contributed by atoms with Gasteiger partial charge in [-0.2, -0.15) is 5.10 Å². The van der Waals surface area contributed by atoms with Crippen molar-refractivity contribution >= 4 is 29.4 Å². The molecule has 1 saturated heterocycles. The van der Waals surface area contributed by atoms with Crippen LogP contribution in [0.3, 0.4) is 0 Å². The molecule has 2 atom stereocenters. The summed E-state index contributed by atoms with van der Waals surface area (Å²) in [6.07, 6.45) is 1.69. The van der Waals surface area contributed by atoms with Crippen LogP contribution in [0.4, 0.5) is 10.6 Å². The zero-order valence-corrected chi connectivity index (χ0v) is 18.5. The summed E-state index contributed by atoms with van der Waals surface area (Å²) in [5.74, 6) is -0.622. The van der Waals surface area contributed by atoms with Crippen molar-refractivity contribution in [3.8, 4) is 0 Å². The number of ether oxygens (including phenoxy) is 4. The van der Waals surface area contributed by atoms with Gasteiger partial charge in [-0.15, -0.1) is 0 Å². The second-order valence-corrected chi connectivity index (χ2v) is 7.64. The average Bonchev–Trinajstić information content (AvgIpc) is 3.45. The van der Waals surface area contributed by atoms with Gasteiger partial charge in [0.15, 0.2) is 5.82 Å². The number of carbonyl (C=O) groups excluding carboxylic acids is 3. The van der Waals surface area contributed by atoms with Crippen LogP contribution in [0.15, 0.2) is 48.8 Å². The van der Waals surface area contributed by atoms with Crippen molar-refractivity contribution in [1.82, 2.24) is 14.6 Å². The molecule has 3 heterocycles. The highest BCUT2D eigenvalue weighted by Crippen LogP contribution is 2.34. The average molecular weight is 468 g/mol. The molecule has 0 unspecified atom stereocenters. The highest BCUT2D eigenvalue weighted by Gasteiger charge is 2.30. The zero-order chi connectivity index (χ0) is 23.9. The number of nitrogens with one attached hydrogen (secondary N) is 1. The summed E-state index contributed by atoms with van der Waals surface area (Å²) >= 11 is 0. The summed E-state index contributed by atoms with van der Waals surface area (Å²) in [5, 5.41) is 6.77. The maximum absolute atomic E-state index is 12.1. The first-order valence-electron chi connectivity index (χ1n) is 10.7. The molecule has 11 nitrogen and oxygen atoms in total.